The predicted molar refractivity (Wildman–Crippen MR) is 74.4 cm³/mol. The van der Waals surface area contributed by atoms with Crippen molar-refractivity contribution < 1.29 is 0 Å². The van der Waals surface area contributed by atoms with Crippen LogP contribution >= 0.6 is 11.3 Å². The van der Waals surface area contributed by atoms with Crippen LogP contribution < -0.4 is 11.1 Å². The van der Waals surface area contributed by atoms with Gasteiger partial charge in [0.15, 0.2) is 0 Å². The van der Waals surface area contributed by atoms with Crippen LogP contribution in [0, 0.1) is 6.92 Å². The summed E-state index contributed by atoms with van der Waals surface area (Å²) in [5, 5.41) is 6.60. The zero-order valence-electron chi connectivity index (χ0n) is 10.1. The number of nitrogen functional groups attached to an aromatic ring is 1. The molecule has 0 spiro atoms. The molecule has 90 valence electrons. The largest absolute Gasteiger partial charge is 0.397 e. The van der Waals surface area contributed by atoms with E-state index in [-0.39, 0.29) is 6.04 Å². The summed E-state index contributed by atoms with van der Waals surface area (Å²) < 4.78 is 0. The van der Waals surface area contributed by atoms with Gasteiger partial charge in [-0.1, -0.05) is 19.1 Å². The van der Waals surface area contributed by atoms with Crippen LogP contribution in [-0.4, -0.2) is 4.98 Å². The first-order chi connectivity index (χ1) is 8.22. The molecule has 3 nitrogen and oxygen atoms in total. The van der Waals surface area contributed by atoms with Crippen molar-refractivity contribution >= 4 is 22.7 Å². The van der Waals surface area contributed by atoms with Crippen LogP contribution in [-0.2, 0) is 0 Å². The first-order valence-corrected chi connectivity index (χ1v) is 6.61. The van der Waals surface area contributed by atoms with Crippen LogP contribution in [0.25, 0.3) is 0 Å². The number of aryl methyl sites for hydroxylation is 1. The van der Waals surface area contributed by atoms with Gasteiger partial charge < -0.3 is 11.1 Å². The molecule has 2 rings (SSSR count). The van der Waals surface area contributed by atoms with E-state index in [9.17, 15) is 0 Å². The molecule has 4 heteroatoms. The molecule has 0 bridgehead atoms. The maximum atomic E-state index is 6.00. The Morgan fingerprint density at radius 1 is 1.47 bits per heavy atom. The second-order valence-electron chi connectivity index (χ2n) is 4.01. The summed E-state index contributed by atoms with van der Waals surface area (Å²) in [6, 6.07) is 6.19. The minimum absolute atomic E-state index is 0.235. The van der Waals surface area contributed by atoms with E-state index < -0.39 is 0 Å². The van der Waals surface area contributed by atoms with Crippen molar-refractivity contribution in [1.82, 2.24) is 4.98 Å². The fraction of sp³-hybridized carbons (Fsp3) is 0.308. The standard InChI is InChI=1S/C13H17N3S/c1-3-11(13-15-7-8-17-13)16-12-9(2)5-4-6-10(12)14/h4-8,11,16H,3,14H2,1-2H3. The van der Waals surface area contributed by atoms with E-state index in [4.69, 9.17) is 5.73 Å². The molecule has 0 saturated heterocycles. The van der Waals surface area contributed by atoms with Crippen molar-refractivity contribution in [2.45, 2.75) is 26.3 Å². The fourth-order valence-corrected chi connectivity index (χ4v) is 2.58. The minimum Gasteiger partial charge on any atom is -0.397 e. The fourth-order valence-electron chi connectivity index (χ4n) is 1.81. The molecule has 0 radical (unpaired) electrons. The second kappa shape index (κ2) is 5.19. The Morgan fingerprint density at radius 2 is 2.29 bits per heavy atom. The van der Waals surface area contributed by atoms with E-state index in [0.29, 0.717) is 0 Å². The number of nitrogens with two attached hydrogens (primary N) is 1. The third kappa shape index (κ3) is 2.58. The molecule has 2 aromatic rings. The summed E-state index contributed by atoms with van der Waals surface area (Å²) >= 11 is 1.67. The van der Waals surface area contributed by atoms with Crippen molar-refractivity contribution in [3.8, 4) is 0 Å². The number of hydrogen-bond donors (Lipinski definition) is 2. The highest BCUT2D eigenvalue weighted by atomic mass is 32.1. The zero-order valence-corrected chi connectivity index (χ0v) is 10.9. The minimum atomic E-state index is 0.235. The highest BCUT2D eigenvalue weighted by molar-refractivity contribution is 7.09. The third-order valence-corrected chi connectivity index (χ3v) is 3.67. The Morgan fingerprint density at radius 3 is 2.88 bits per heavy atom. The van der Waals surface area contributed by atoms with E-state index in [1.165, 1.54) is 5.56 Å². The zero-order chi connectivity index (χ0) is 12.3. The molecule has 0 aliphatic carbocycles. The van der Waals surface area contributed by atoms with Gasteiger partial charge in [-0.2, -0.15) is 0 Å². The Balaban J connectivity index is 2.25. The number of rotatable bonds is 4. The van der Waals surface area contributed by atoms with Gasteiger partial charge in [0.05, 0.1) is 17.4 Å². The molecule has 1 aromatic carbocycles. The number of benzene rings is 1. The summed E-state index contributed by atoms with van der Waals surface area (Å²) in [7, 11) is 0. The smallest absolute Gasteiger partial charge is 0.115 e. The monoisotopic (exact) mass is 247 g/mol. The Kier molecular flexibility index (Phi) is 3.64. The number of thiazole rings is 1. The third-order valence-electron chi connectivity index (χ3n) is 2.78. The summed E-state index contributed by atoms with van der Waals surface area (Å²) in [6.45, 7) is 4.21. The lowest BCUT2D eigenvalue weighted by Gasteiger charge is -2.19. The van der Waals surface area contributed by atoms with E-state index >= 15 is 0 Å². The number of para-hydroxylation sites is 1. The molecule has 17 heavy (non-hydrogen) atoms. The van der Waals surface area contributed by atoms with Crippen LogP contribution in [0.3, 0.4) is 0 Å². The summed E-state index contributed by atoms with van der Waals surface area (Å²) in [5.41, 5.74) is 8.98. The van der Waals surface area contributed by atoms with Gasteiger partial charge in [-0.15, -0.1) is 11.3 Å². The number of anilines is 2. The van der Waals surface area contributed by atoms with E-state index in [1.54, 1.807) is 11.3 Å². The average Bonchev–Trinajstić information content (AvgIpc) is 2.82. The Hall–Kier alpha value is -1.55. The Labute approximate surface area is 106 Å². The topological polar surface area (TPSA) is 50.9 Å². The van der Waals surface area contributed by atoms with Crippen molar-refractivity contribution in [3.63, 3.8) is 0 Å². The van der Waals surface area contributed by atoms with Crippen molar-refractivity contribution in [2.24, 2.45) is 0 Å². The van der Waals surface area contributed by atoms with Gasteiger partial charge in [-0.25, -0.2) is 4.98 Å². The molecule has 0 aliphatic heterocycles. The molecule has 1 heterocycles. The van der Waals surface area contributed by atoms with Crippen molar-refractivity contribution in [2.75, 3.05) is 11.1 Å². The van der Waals surface area contributed by atoms with Gasteiger partial charge in [-0.05, 0) is 25.0 Å². The molecule has 0 fully saturated rings. The van der Waals surface area contributed by atoms with Gasteiger partial charge in [0.2, 0.25) is 0 Å². The van der Waals surface area contributed by atoms with E-state index in [0.717, 1.165) is 22.8 Å². The molecule has 3 N–H and O–H groups in total. The van der Waals surface area contributed by atoms with Crippen LogP contribution in [0.1, 0.15) is 30.0 Å². The molecule has 0 saturated carbocycles. The van der Waals surface area contributed by atoms with Crippen LogP contribution in [0.15, 0.2) is 29.8 Å². The quantitative estimate of drug-likeness (QED) is 0.812. The van der Waals surface area contributed by atoms with Crippen molar-refractivity contribution in [3.05, 3.63) is 40.3 Å². The number of aromatic nitrogens is 1. The summed E-state index contributed by atoms with van der Waals surface area (Å²) in [5.74, 6) is 0. The maximum absolute atomic E-state index is 6.00. The Bertz CT molecular complexity index is 459. The average molecular weight is 247 g/mol. The lowest BCUT2D eigenvalue weighted by atomic mass is 10.1. The molecule has 1 aromatic heterocycles. The SMILES string of the molecule is CCC(Nc1c(C)cccc1N)c1nccs1. The number of hydrogen-bond acceptors (Lipinski definition) is 4. The molecular formula is C13H17N3S. The molecule has 1 atom stereocenters. The predicted octanol–water partition coefficient (Wildman–Crippen LogP) is 3.60. The van der Waals surface area contributed by atoms with E-state index in [2.05, 4.69) is 30.2 Å². The molecule has 1 unspecified atom stereocenters. The second-order valence-corrected chi connectivity index (χ2v) is 4.94. The van der Waals surface area contributed by atoms with Gasteiger partial charge in [0.1, 0.15) is 5.01 Å². The summed E-state index contributed by atoms with van der Waals surface area (Å²) in [4.78, 5) is 4.36. The summed E-state index contributed by atoms with van der Waals surface area (Å²) in [6.07, 6.45) is 2.83. The normalized spacial score (nSPS) is 12.4. The highest BCUT2D eigenvalue weighted by Crippen LogP contribution is 2.29. The first kappa shape index (κ1) is 11.9. The molecule has 0 amide bonds. The lowest BCUT2D eigenvalue weighted by Crippen LogP contribution is -2.11. The van der Waals surface area contributed by atoms with Gasteiger partial charge in [0, 0.05) is 11.6 Å². The van der Waals surface area contributed by atoms with Gasteiger partial charge >= 0.3 is 0 Å². The number of nitrogens with one attached hydrogen (secondary N) is 1. The molecule has 0 aliphatic rings. The van der Waals surface area contributed by atoms with Crippen LogP contribution in [0.5, 0.6) is 0 Å². The molecular weight excluding hydrogens is 230 g/mol. The highest BCUT2D eigenvalue weighted by Gasteiger charge is 2.13. The lowest BCUT2D eigenvalue weighted by molar-refractivity contribution is 0.741. The van der Waals surface area contributed by atoms with Gasteiger partial charge in [-0.3, -0.25) is 0 Å². The van der Waals surface area contributed by atoms with E-state index in [1.807, 2.05) is 23.7 Å². The van der Waals surface area contributed by atoms with Gasteiger partial charge in [0.25, 0.3) is 0 Å². The maximum Gasteiger partial charge on any atom is 0.115 e. The van der Waals surface area contributed by atoms with Crippen molar-refractivity contribution in [1.29, 1.82) is 0 Å². The number of nitrogens with zero attached hydrogens (tertiary/aromatic N) is 1. The van der Waals surface area contributed by atoms with Crippen LogP contribution in [0.2, 0.25) is 0 Å². The van der Waals surface area contributed by atoms with Crippen LogP contribution in [0.4, 0.5) is 11.4 Å². The first-order valence-electron chi connectivity index (χ1n) is 5.73.